The third-order valence-corrected chi connectivity index (χ3v) is 6.69. The average molecular weight is 503 g/mol. The van der Waals surface area contributed by atoms with E-state index in [9.17, 15) is 9.90 Å². The number of carboxylic acids is 1. The molecule has 0 bridgehead atoms. The van der Waals surface area contributed by atoms with Crippen molar-refractivity contribution in [2.75, 3.05) is 0 Å². The first kappa shape index (κ1) is 34.2. The molecular weight excluding hydrogens is 444 g/mol. The summed E-state index contributed by atoms with van der Waals surface area (Å²) in [6.07, 6.45) is 31.5. The topological polar surface area (TPSA) is 57.5 Å². The lowest BCUT2D eigenvalue weighted by molar-refractivity contribution is -0.137. The lowest BCUT2D eigenvalue weighted by Crippen LogP contribution is -1.93. The van der Waals surface area contributed by atoms with E-state index in [0.29, 0.717) is 12.2 Å². The van der Waals surface area contributed by atoms with Crippen LogP contribution in [0.5, 0.6) is 5.75 Å². The zero-order valence-electron chi connectivity index (χ0n) is 23.8. The summed E-state index contributed by atoms with van der Waals surface area (Å²) in [7, 11) is 0. The highest BCUT2D eigenvalue weighted by Crippen LogP contribution is 2.19. The fourth-order valence-corrected chi connectivity index (χ4v) is 4.34. The number of para-hydroxylation sites is 1. The Balaban J connectivity index is 0.000000696. The second-order valence-electron chi connectivity index (χ2n) is 10.2. The van der Waals surface area contributed by atoms with Gasteiger partial charge in [-0.3, -0.25) is 4.79 Å². The van der Waals surface area contributed by atoms with Crippen molar-refractivity contribution in [3.63, 3.8) is 0 Å². The van der Waals surface area contributed by atoms with Gasteiger partial charge in [0.1, 0.15) is 5.75 Å². The molecular formula is C33H58O3. The molecule has 0 aromatic heterocycles. The zero-order chi connectivity index (χ0) is 26.5. The molecule has 0 aliphatic rings. The van der Waals surface area contributed by atoms with Crippen LogP contribution >= 0.6 is 0 Å². The highest BCUT2D eigenvalue weighted by molar-refractivity contribution is 5.66. The summed E-state index contributed by atoms with van der Waals surface area (Å²) in [5, 5.41) is 18.1. The number of allylic oxidation sites excluding steroid dienone is 2. The minimum absolute atomic E-state index is 0.332. The van der Waals surface area contributed by atoms with Crippen LogP contribution < -0.4 is 0 Å². The van der Waals surface area contributed by atoms with E-state index < -0.39 is 5.97 Å². The number of carboxylic acid groups (broad SMARTS) is 1. The molecule has 3 nitrogen and oxygen atoms in total. The van der Waals surface area contributed by atoms with Crippen molar-refractivity contribution < 1.29 is 15.0 Å². The van der Waals surface area contributed by atoms with Gasteiger partial charge in [0.05, 0.1) is 0 Å². The Morgan fingerprint density at radius 1 is 0.639 bits per heavy atom. The van der Waals surface area contributed by atoms with E-state index in [4.69, 9.17) is 5.11 Å². The van der Waals surface area contributed by atoms with E-state index in [0.717, 1.165) is 24.8 Å². The molecule has 0 atom stereocenters. The van der Waals surface area contributed by atoms with Gasteiger partial charge < -0.3 is 10.2 Å². The van der Waals surface area contributed by atoms with Crippen molar-refractivity contribution in [3.8, 4) is 5.75 Å². The Hall–Kier alpha value is -1.77. The first-order valence-corrected chi connectivity index (χ1v) is 15.2. The highest BCUT2D eigenvalue weighted by Gasteiger charge is 1.99. The molecule has 208 valence electrons. The summed E-state index contributed by atoms with van der Waals surface area (Å²) in [4.78, 5) is 10.3. The molecule has 0 amide bonds. The summed E-state index contributed by atoms with van der Waals surface area (Å²) >= 11 is 0. The number of hydrogen-bond acceptors (Lipinski definition) is 2. The largest absolute Gasteiger partial charge is 0.508 e. The number of aliphatic carboxylic acids is 1. The van der Waals surface area contributed by atoms with Crippen LogP contribution in [0.25, 0.3) is 0 Å². The molecule has 1 rings (SSSR count). The van der Waals surface area contributed by atoms with E-state index in [1.54, 1.807) is 6.07 Å². The van der Waals surface area contributed by atoms with E-state index in [1.165, 1.54) is 116 Å². The molecule has 3 heteroatoms. The van der Waals surface area contributed by atoms with Crippen molar-refractivity contribution in [2.45, 2.75) is 155 Å². The Labute approximate surface area is 223 Å². The second kappa shape index (κ2) is 27.8. The van der Waals surface area contributed by atoms with Crippen molar-refractivity contribution >= 4 is 5.97 Å². The minimum atomic E-state index is -0.664. The monoisotopic (exact) mass is 502 g/mol. The third-order valence-electron chi connectivity index (χ3n) is 6.69. The predicted molar refractivity (Wildman–Crippen MR) is 157 cm³/mol. The molecule has 0 aliphatic heterocycles. The van der Waals surface area contributed by atoms with Crippen LogP contribution in [-0.2, 0) is 11.2 Å². The minimum Gasteiger partial charge on any atom is -0.508 e. The lowest BCUT2D eigenvalue weighted by atomic mass is 10.0. The number of carbonyl (C=O) groups is 1. The van der Waals surface area contributed by atoms with E-state index in [1.807, 2.05) is 18.2 Å². The number of rotatable bonds is 23. The summed E-state index contributed by atoms with van der Waals surface area (Å²) in [5.74, 6) is -0.212. The summed E-state index contributed by atoms with van der Waals surface area (Å²) in [6.45, 7) is 4.51. The molecule has 0 heterocycles. The van der Waals surface area contributed by atoms with Gasteiger partial charge >= 0.3 is 5.97 Å². The standard InChI is InChI=1S/C18H34O2.C15H24O/c1-2-3-4-5-6-7-8-9-10-11-12-13-14-15-16-17-18(19)20;1-2-3-4-5-6-7-8-11-14-12-9-10-13-15(14)16/h9-10H,2-8,11-17H2,1H3,(H,19,20);9-10,12-13,16H,2-8,11H2,1H3. The number of phenols is 1. The second-order valence-corrected chi connectivity index (χ2v) is 10.2. The fourth-order valence-electron chi connectivity index (χ4n) is 4.34. The maximum absolute atomic E-state index is 10.3. The smallest absolute Gasteiger partial charge is 0.303 e. The number of benzene rings is 1. The molecule has 1 aromatic rings. The van der Waals surface area contributed by atoms with Gasteiger partial charge in [0, 0.05) is 6.42 Å². The van der Waals surface area contributed by atoms with Crippen molar-refractivity contribution in [1.82, 2.24) is 0 Å². The van der Waals surface area contributed by atoms with Crippen LogP contribution in [0, 0.1) is 0 Å². The molecule has 2 N–H and O–H groups in total. The van der Waals surface area contributed by atoms with Crippen LogP contribution in [0.15, 0.2) is 36.4 Å². The molecule has 0 spiro atoms. The average Bonchev–Trinajstić information content (AvgIpc) is 2.87. The van der Waals surface area contributed by atoms with Gasteiger partial charge in [-0.25, -0.2) is 0 Å². The molecule has 0 unspecified atom stereocenters. The third kappa shape index (κ3) is 25.3. The van der Waals surface area contributed by atoms with Gasteiger partial charge in [-0.2, -0.15) is 0 Å². The molecule has 1 aromatic carbocycles. The van der Waals surface area contributed by atoms with Crippen molar-refractivity contribution in [2.24, 2.45) is 0 Å². The molecule has 36 heavy (non-hydrogen) atoms. The number of hydrogen-bond donors (Lipinski definition) is 2. The van der Waals surface area contributed by atoms with Crippen LogP contribution in [-0.4, -0.2) is 16.2 Å². The highest BCUT2D eigenvalue weighted by atomic mass is 16.4. The first-order chi connectivity index (χ1) is 17.6. The van der Waals surface area contributed by atoms with Gasteiger partial charge in [0.15, 0.2) is 0 Å². The van der Waals surface area contributed by atoms with Crippen LogP contribution in [0.4, 0.5) is 0 Å². The Bertz CT molecular complexity index is 623. The molecule has 0 saturated heterocycles. The van der Waals surface area contributed by atoms with E-state index in [-0.39, 0.29) is 0 Å². The maximum Gasteiger partial charge on any atom is 0.303 e. The Morgan fingerprint density at radius 2 is 1.08 bits per heavy atom. The van der Waals surface area contributed by atoms with Gasteiger partial charge in [0.2, 0.25) is 0 Å². The predicted octanol–water partition coefficient (Wildman–Crippen LogP) is 10.8. The Kier molecular flexibility index (Phi) is 26.4. The number of unbranched alkanes of at least 4 members (excludes halogenated alkanes) is 17. The summed E-state index contributed by atoms with van der Waals surface area (Å²) < 4.78 is 0. The van der Waals surface area contributed by atoms with Crippen LogP contribution in [0.2, 0.25) is 0 Å². The van der Waals surface area contributed by atoms with Crippen LogP contribution in [0.3, 0.4) is 0 Å². The lowest BCUT2D eigenvalue weighted by Gasteiger charge is -2.04. The molecule has 0 fully saturated rings. The van der Waals surface area contributed by atoms with E-state index in [2.05, 4.69) is 26.0 Å². The van der Waals surface area contributed by atoms with Crippen LogP contribution in [0.1, 0.15) is 154 Å². The molecule has 0 aliphatic carbocycles. The first-order valence-electron chi connectivity index (χ1n) is 15.2. The summed E-state index contributed by atoms with van der Waals surface area (Å²) in [6, 6.07) is 7.67. The van der Waals surface area contributed by atoms with Crippen molar-refractivity contribution in [3.05, 3.63) is 42.0 Å². The normalized spacial score (nSPS) is 10.9. The fraction of sp³-hybridized carbons (Fsp3) is 0.727. The molecule has 0 saturated carbocycles. The number of aryl methyl sites for hydroxylation is 1. The van der Waals surface area contributed by atoms with Gasteiger partial charge in [-0.1, -0.05) is 134 Å². The number of phenolic OH excluding ortho intramolecular Hbond substituents is 1. The quantitative estimate of drug-likeness (QED) is 0.115. The van der Waals surface area contributed by atoms with Crippen molar-refractivity contribution in [1.29, 1.82) is 0 Å². The van der Waals surface area contributed by atoms with Gasteiger partial charge in [0.25, 0.3) is 0 Å². The zero-order valence-corrected chi connectivity index (χ0v) is 23.8. The number of aromatic hydroxyl groups is 1. The molecule has 0 radical (unpaired) electrons. The maximum atomic E-state index is 10.3. The van der Waals surface area contributed by atoms with Gasteiger partial charge in [-0.15, -0.1) is 0 Å². The van der Waals surface area contributed by atoms with Gasteiger partial charge in [-0.05, 0) is 56.6 Å². The SMILES string of the molecule is CCCCCCCCC=CCCCCCCCC(=O)O.CCCCCCCCCc1ccccc1O. The van der Waals surface area contributed by atoms with E-state index >= 15 is 0 Å². The summed E-state index contributed by atoms with van der Waals surface area (Å²) in [5.41, 5.74) is 1.09. The Morgan fingerprint density at radius 3 is 1.58 bits per heavy atom.